The molecule has 128 valence electrons. The van der Waals surface area contributed by atoms with Gasteiger partial charge in [-0.25, -0.2) is 16.8 Å². The van der Waals surface area contributed by atoms with E-state index < -0.39 is 25.9 Å². The fourth-order valence-electron chi connectivity index (χ4n) is 2.78. The predicted octanol–water partition coefficient (Wildman–Crippen LogP) is 1.56. The van der Waals surface area contributed by atoms with E-state index in [1.807, 2.05) is 12.1 Å². The van der Waals surface area contributed by atoms with Crippen molar-refractivity contribution in [1.29, 1.82) is 0 Å². The van der Waals surface area contributed by atoms with E-state index in [0.717, 1.165) is 11.1 Å². The lowest BCUT2D eigenvalue weighted by atomic mass is 10.1. The maximum atomic E-state index is 12.7. The Morgan fingerprint density at radius 3 is 2.38 bits per heavy atom. The second-order valence-corrected chi connectivity index (χ2v) is 10.1. The van der Waals surface area contributed by atoms with Crippen molar-refractivity contribution in [2.24, 2.45) is 0 Å². The van der Waals surface area contributed by atoms with Gasteiger partial charge in [-0.2, -0.15) is 4.31 Å². The van der Waals surface area contributed by atoms with Gasteiger partial charge in [-0.15, -0.1) is 0 Å². The van der Waals surface area contributed by atoms with Crippen LogP contribution in [0.3, 0.4) is 0 Å². The first-order valence-corrected chi connectivity index (χ1v) is 10.7. The first-order valence-electron chi connectivity index (χ1n) is 7.48. The van der Waals surface area contributed by atoms with Gasteiger partial charge in [0.25, 0.3) is 0 Å². The Kier molecular flexibility index (Phi) is 4.46. The Hall–Kier alpha value is -1.77. The summed E-state index contributed by atoms with van der Waals surface area (Å²) < 4.78 is 49.7. The van der Waals surface area contributed by atoms with Crippen molar-refractivity contribution in [3.05, 3.63) is 48.8 Å². The third-order valence-corrected chi connectivity index (χ3v) is 7.92. The highest BCUT2D eigenvalue weighted by atomic mass is 32.2. The number of sulfonamides is 1. The molecule has 2 aromatic rings. The van der Waals surface area contributed by atoms with Crippen LogP contribution >= 0.6 is 0 Å². The molecule has 0 saturated carbocycles. The zero-order valence-electron chi connectivity index (χ0n) is 13.2. The van der Waals surface area contributed by atoms with Crippen LogP contribution in [0.25, 0.3) is 11.1 Å². The molecule has 8 heteroatoms. The van der Waals surface area contributed by atoms with Crippen LogP contribution in [0, 0.1) is 0 Å². The first kappa shape index (κ1) is 17.1. The summed E-state index contributed by atoms with van der Waals surface area (Å²) >= 11 is 0. The highest BCUT2D eigenvalue weighted by molar-refractivity contribution is 7.92. The average molecular weight is 366 g/mol. The van der Waals surface area contributed by atoms with Crippen LogP contribution in [0.1, 0.15) is 6.42 Å². The Bertz CT molecular complexity index is 924. The minimum Gasteiger partial charge on any atom is -0.264 e. The number of nitrogens with zero attached hydrogens (tertiary/aromatic N) is 2. The molecule has 24 heavy (non-hydrogen) atoms. The van der Waals surface area contributed by atoms with Crippen molar-refractivity contribution < 1.29 is 16.8 Å². The van der Waals surface area contributed by atoms with E-state index in [4.69, 9.17) is 0 Å². The Morgan fingerprint density at radius 2 is 1.83 bits per heavy atom. The van der Waals surface area contributed by atoms with Gasteiger partial charge in [-0.3, -0.25) is 4.98 Å². The largest absolute Gasteiger partial charge is 0.264 e. The standard InChI is InChI=1S/C16H18N2O4S2/c1-18(15-8-10-23(19,20)12-15)24(21,22)16-6-4-13(5-7-16)14-3-2-9-17-11-14/h2-7,9,11,15H,8,10,12H2,1H3. The number of sulfone groups is 1. The Morgan fingerprint density at radius 1 is 1.12 bits per heavy atom. The molecule has 0 aliphatic carbocycles. The van der Waals surface area contributed by atoms with Gasteiger partial charge < -0.3 is 0 Å². The number of hydrogen-bond acceptors (Lipinski definition) is 5. The minimum atomic E-state index is -3.72. The van der Waals surface area contributed by atoms with Gasteiger partial charge in [0.15, 0.2) is 9.84 Å². The van der Waals surface area contributed by atoms with E-state index in [9.17, 15) is 16.8 Å². The highest BCUT2D eigenvalue weighted by Crippen LogP contribution is 2.25. The Labute approximate surface area is 142 Å². The molecular formula is C16H18N2O4S2. The monoisotopic (exact) mass is 366 g/mol. The van der Waals surface area contributed by atoms with E-state index in [1.165, 1.54) is 23.5 Å². The summed E-state index contributed by atoms with van der Waals surface area (Å²) in [7, 11) is -5.42. The number of hydrogen-bond donors (Lipinski definition) is 0. The van der Waals surface area contributed by atoms with Crippen LogP contribution in [0.4, 0.5) is 0 Å². The lowest BCUT2D eigenvalue weighted by molar-refractivity contribution is 0.394. The smallest absolute Gasteiger partial charge is 0.243 e. The topological polar surface area (TPSA) is 84.4 Å². The number of rotatable bonds is 4. The van der Waals surface area contributed by atoms with Crippen LogP contribution in [0.2, 0.25) is 0 Å². The maximum absolute atomic E-state index is 12.7. The van der Waals surface area contributed by atoms with Gasteiger partial charge in [0.2, 0.25) is 10.0 Å². The molecule has 1 aliphatic heterocycles. The van der Waals surface area contributed by atoms with Crippen molar-refractivity contribution >= 4 is 19.9 Å². The molecule has 1 unspecified atom stereocenters. The molecular weight excluding hydrogens is 348 g/mol. The summed E-state index contributed by atoms with van der Waals surface area (Å²) in [5.41, 5.74) is 1.77. The van der Waals surface area contributed by atoms with Crippen molar-refractivity contribution in [2.75, 3.05) is 18.6 Å². The van der Waals surface area contributed by atoms with Gasteiger partial charge in [0.05, 0.1) is 16.4 Å². The van der Waals surface area contributed by atoms with E-state index >= 15 is 0 Å². The third-order valence-electron chi connectivity index (χ3n) is 4.25. The normalized spacial score (nSPS) is 20.3. The molecule has 2 heterocycles. The predicted molar refractivity (Wildman–Crippen MR) is 91.7 cm³/mol. The summed E-state index contributed by atoms with van der Waals surface area (Å²) in [5, 5.41) is 0. The molecule has 0 spiro atoms. The summed E-state index contributed by atoms with van der Waals surface area (Å²) in [5.74, 6) is -0.0754. The molecule has 3 rings (SSSR count). The van der Waals surface area contributed by atoms with Crippen LogP contribution in [0.5, 0.6) is 0 Å². The van der Waals surface area contributed by atoms with Crippen LogP contribution < -0.4 is 0 Å². The molecule has 1 atom stereocenters. The molecule has 0 radical (unpaired) electrons. The van der Waals surface area contributed by atoms with Crippen molar-refractivity contribution in [3.63, 3.8) is 0 Å². The van der Waals surface area contributed by atoms with Crippen molar-refractivity contribution in [2.45, 2.75) is 17.4 Å². The number of aromatic nitrogens is 1. The summed E-state index contributed by atoms with van der Waals surface area (Å²) in [4.78, 5) is 4.20. The van der Waals surface area contributed by atoms with Crippen molar-refractivity contribution in [3.8, 4) is 11.1 Å². The van der Waals surface area contributed by atoms with Gasteiger partial charge in [-0.1, -0.05) is 18.2 Å². The molecule has 1 aromatic heterocycles. The van der Waals surface area contributed by atoms with Crippen LogP contribution in [0.15, 0.2) is 53.7 Å². The second-order valence-electron chi connectivity index (χ2n) is 5.84. The molecule has 0 amide bonds. The highest BCUT2D eigenvalue weighted by Gasteiger charge is 2.36. The van der Waals surface area contributed by atoms with Gasteiger partial charge in [-0.05, 0) is 35.7 Å². The molecule has 0 bridgehead atoms. The van der Waals surface area contributed by atoms with Gasteiger partial charge >= 0.3 is 0 Å². The second kappa shape index (κ2) is 6.27. The summed E-state index contributed by atoms with van der Waals surface area (Å²) in [6.07, 6.45) is 3.72. The lowest BCUT2D eigenvalue weighted by Gasteiger charge is -2.22. The van der Waals surface area contributed by atoms with Gasteiger partial charge in [0.1, 0.15) is 0 Å². The molecule has 1 saturated heterocycles. The molecule has 1 fully saturated rings. The van der Waals surface area contributed by atoms with Gasteiger partial charge in [0, 0.05) is 25.5 Å². The third kappa shape index (κ3) is 3.35. The molecule has 1 aliphatic rings. The molecule has 0 N–H and O–H groups in total. The maximum Gasteiger partial charge on any atom is 0.243 e. The van der Waals surface area contributed by atoms with E-state index in [0.29, 0.717) is 6.42 Å². The fourth-order valence-corrected chi connectivity index (χ4v) is 6.03. The van der Waals surface area contributed by atoms with E-state index in [-0.39, 0.29) is 16.4 Å². The molecule has 1 aromatic carbocycles. The van der Waals surface area contributed by atoms with Crippen LogP contribution in [-0.2, 0) is 19.9 Å². The first-order chi connectivity index (χ1) is 11.3. The minimum absolute atomic E-state index is 0.0392. The summed E-state index contributed by atoms with van der Waals surface area (Å²) in [6, 6.07) is 9.74. The quantitative estimate of drug-likeness (QED) is 0.820. The fraction of sp³-hybridized carbons (Fsp3) is 0.312. The number of pyridine rings is 1. The van der Waals surface area contributed by atoms with Crippen molar-refractivity contribution in [1.82, 2.24) is 9.29 Å². The zero-order chi connectivity index (χ0) is 17.4. The van der Waals surface area contributed by atoms with E-state index in [2.05, 4.69) is 4.98 Å². The Balaban J connectivity index is 1.85. The SMILES string of the molecule is CN(C1CCS(=O)(=O)C1)S(=O)(=O)c1ccc(-c2cccnc2)cc1. The zero-order valence-corrected chi connectivity index (χ0v) is 14.8. The number of benzene rings is 1. The van der Waals surface area contributed by atoms with Crippen LogP contribution in [-0.4, -0.2) is 50.7 Å². The lowest BCUT2D eigenvalue weighted by Crippen LogP contribution is -2.37. The van der Waals surface area contributed by atoms with E-state index in [1.54, 1.807) is 24.5 Å². The molecule has 6 nitrogen and oxygen atoms in total. The average Bonchev–Trinajstić information content (AvgIpc) is 2.95. The summed E-state index contributed by atoms with van der Waals surface area (Å²) in [6.45, 7) is 0.